The molecule has 1 saturated carbocycles. The van der Waals surface area contributed by atoms with E-state index < -0.39 is 0 Å². The number of carbonyl (C=O) groups excluding carboxylic acids is 1. The molecule has 2 fully saturated rings. The van der Waals surface area contributed by atoms with E-state index >= 15 is 0 Å². The first-order valence-corrected chi connectivity index (χ1v) is 9.06. The lowest BCUT2D eigenvalue weighted by Crippen LogP contribution is -2.44. The van der Waals surface area contributed by atoms with Gasteiger partial charge in [0.05, 0.1) is 10.2 Å². The van der Waals surface area contributed by atoms with E-state index in [4.69, 9.17) is 4.74 Å². The van der Waals surface area contributed by atoms with Gasteiger partial charge in [0, 0.05) is 31.4 Å². The first-order valence-electron chi connectivity index (χ1n) is 8.25. The highest BCUT2D eigenvalue weighted by molar-refractivity contribution is 7.19. The number of thiazole rings is 1. The fraction of sp³-hybridized carbons (Fsp3) is 0.444. The normalized spacial score (nSPS) is 19.5. The van der Waals surface area contributed by atoms with Crippen molar-refractivity contribution in [1.82, 2.24) is 9.88 Å². The van der Waals surface area contributed by atoms with Crippen LogP contribution in [-0.2, 0) is 9.53 Å². The van der Waals surface area contributed by atoms with Crippen LogP contribution in [0.25, 0.3) is 16.3 Å². The smallest absolute Gasteiger partial charge is 0.247 e. The second-order valence-corrected chi connectivity index (χ2v) is 7.24. The average Bonchev–Trinajstić information content (AvgIpc) is 3.32. The molecule has 2 aliphatic rings. The van der Waals surface area contributed by atoms with Crippen molar-refractivity contribution in [2.24, 2.45) is 0 Å². The Hall–Kier alpha value is -1.72. The number of hydrogen-bond donors (Lipinski definition) is 0. The Kier molecular flexibility index (Phi) is 4.14. The largest absolute Gasteiger partial charge is 0.381 e. The fourth-order valence-electron chi connectivity index (χ4n) is 3.16. The van der Waals surface area contributed by atoms with Crippen molar-refractivity contribution in [2.45, 2.75) is 37.8 Å². The number of aromatic nitrogens is 1. The summed E-state index contributed by atoms with van der Waals surface area (Å²) in [6.07, 6.45) is 7.75. The zero-order chi connectivity index (χ0) is 15.6. The minimum Gasteiger partial charge on any atom is -0.381 e. The lowest BCUT2D eigenvalue weighted by molar-refractivity contribution is -0.130. The third kappa shape index (κ3) is 3.31. The molecule has 0 bridgehead atoms. The van der Waals surface area contributed by atoms with Gasteiger partial charge in [-0.3, -0.25) is 4.79 Å². The molecule has 2 heterocycles. The zero-order valence-corrected chi connectivity index (χ0v) is 13.8. The molecule has 1 aromatic heterocycles. The van der Waals surface area contributed by atoms with E-state index in [0.29, 0.717) is 12.1 Å². The Bertz CT molecular complexity index is 696. The molecule has 0 N–H and O–H groups in total. The van der Waals surface area contributed by atoms with Gasteiger partial charge in [-0.05, 0) is 43.9 Å². The second-order valence-electron chi connectivity index (χ2n) is 6.17. The van der Waals surface area contributed by atoms with E-state index in [2.05, 4.69) is 16.0 Å². The lowest BCUT2D eigenvalue weighted by Gasteiger charge is -2.33. The molecule has 120 valence electrons. The molecule has 2 aromatic rings. The second kappa shape index (κ2) is 6.42. The number of para-hydroxylation sites is 1. The Morgan fingerprint density at radius 3 is 2.65 bits per heavy atom. The van der Waals surface area contributed by atoms with Crippen LogP contribution in [0.3, 0.4) is 0 Å². The fourth-order valence-corrected chi connectivity index (χ4v) is 4.03. The maximum atomic E-state index is 12.7. The van der Waals surface area contributed by atoms with Gasteiger partial charge in [0.1, 0.15) is 5.01 Å². The molecule has 0 radical (unpaired) electrons. The Labute approximate surface area is 139 Å². The van der Waals surface area contributed by atoms with Crippen molar-refractivity contribution in [2.75, 3.05) is 13.2 Å². The summed E-state index contributed by atoms with van der Waals surface area (Å²) in [6.45, 7) is 1.53. The summed E-state index contributed by atoms with van der Waals surface area (Å²) >= 11 is 1.62. The lowest BCUT2D eigenvalue weighted by atomic mass is 10.1. The number of nitrogens with zero attached hydrogens (tertiary/aromatic N) is 2. The van der Waals surface area contributed by atoms with Crippen LogP contribution in [0.15, 0.2) is 30.3 Å². The molecule has 0 unspecified atom stereocenters. The predicted octanol–water partition coefficient (Wildman–Crippen LogP) is 3.48. The third-order valence-corrected chi connectivity index (χ3v) is 5.46. The van der Waals surface area contributed by atoms with Gasteiger partial charge in [-0.1, -0.05) is 12.1 Å². The maximum Gasteiger partial charge on any atom is 0.247 e. The van der Waals surface area contributed by atoms with Crippen LogP contribution < -0.4 is 0 Å². The van der Waals surface area contributed by atoms with Crippen LogP contribution in [-0.4, -0.2) is 41.1 Å². The molecular weight excluding hydrogens is 308 g/mol. The van der Waals surface area contributed by atoms with Crippen molar-refractivity contribution in [3.8, 4) is 0 Å². The van der Waals surface area contributed by atoms with Gasteiger partial charge in [0.15, 0.2) is 0 Å². The third-order valence-electron chi connectivity index (χ3n) is 4.46. The molecule has 23 heavy (non-hydrogen) atoms. The molecule has 4 rings (SSSR count). The van der Waals surface area contributed by atoms with Gasteiger partial charge in [-0.2, -0.15) is 0 Å². The first-order chi connectivity index (χ1) is 11.3. The van der Waals surface area contributed by atoms with E-state index in [9.17, 15) is 4.79 Å². The number of amides is 1. The average molecular weight is 328 g/mol. The molecular formula is C18H20N2O2S. The van der Waals surface area contributed by atoms with Gasteiger partial charge < -0.3 is 9.64 Å². The van der Waals surface area contributed by atoms with Crippen LogP contribution in [0.4, 0.5) is 0 Å². The van der Waals surface area contributed by atoms with Crippen LogP contribution in [0.1, 0.15) is 30.7 Å². The SMILES string of the molecule is O=C(C=Cc1nc2ccccc2s1)N(C1CCOCC1)C1CC1. The summed E-state index contributed by atoms with van der Waals surface area (Å²) in [5.74, 6) is 0.124. The number of ether oxygens (including phenoxy) is 1. The van der Waals surface area contributed by atoms with Gasteiger partial charge >= 0.3 is 0 Å². The van der Waals surface area contributed by atoms with Gasteiger partial charge in [0.25, 0.3) is 0 Å². The standard InChI is InChI=1S/C18H20N2O2S/c21-18(20(13-5-6-13)14-9-11-22-12-10-14)8-7-17-19-15-3-1-2-4-16(15)23-17/h1-4,7-8,13-14H,5-6,9-12H2. The van der Waals surface area contributed by atoms with Crippen molar-refractivity contribution >= 4 is 33.5 Å². The summed E-state index contributed by atoms with van der Waals surface area (Å²) < 4.78 is 6.58. The summed E-state index contributed by atoms with van der Waals surface area (Å²) in [7, 11) is 0. The zero-order valence-electron chi connectivity index (χ0n) is 13.0. The number of carbonyl (C=O) groups is 1. The number of fused-ring (bicyclic) bond motifs is 1. The van der Waals surface area contributed by atoms with Crippen molar-refractivity contribution < 1.29 is 9.53 Å². The molecule has 1 amide bonds. The topological polar surface area (TPSA) is 42.4 Å². The Morgan fingerprint density at radius 1 is 1.17 bits per heavy atom. The minimum absolute atomic E-state index is 0.124. The van der Waals surface area contributed by atoms with Crippen molar-refractivity contribution in [1.29, 1.82) is 0 Å². The molecule has 0 atom stereocenters. The Morgan fingerprint density at radius 2 is 1.91 bits per heavy atom. The molecule has 4 nitrogen and oxygen atoms in total. The van der Waals surface area contributed by atoms with Crippen LogP contribution in [0, 0.1) is 0 Å². The van der Waals surface area contributed by atoms with Crippen LogP contribution in [0.2, 0.25) is 0 Å². The molecule has 1 aromatic carbocycles. The molecule has 5 heteroatoms. The van der Waals surface area contributed by atoms with Crippen LogP contribution >= 0.6 is 11.3 Å². The van der Waals surface area contributed by atoms with E-state index in [1.807, 2.05) is 24.3 Å². The number of rotatable bonds is 4. The summed E-state index contributed by atoms with van der Waals surface area (Å²) in [6, 6.07) is 8.84. The van der Waals surface area contributed by atoms with Gasteiger partial charge in [0.2, 0.25) is 5.91 Å². The quantitative estimate of drug-likeness (QED) is 0.807. The summed E-state index contributed by atoms with van der Waals surface area (Å²) in [4.78, 5) is 19.3. The van der Waals surface area contributed by atoms with E-state index in [1.165, 1.54) is 0 Å². The summed E-state index contributed by atoms with van der Waals surface area (Å²) in [5, 5.41) is 0.891. The van der Waals surface area contributed by atoms with Crippen molar-refractivity contribution in [3.05, 3.63) is 35.3 Å². The van der Waals surface area contributed by atoms with E-state index in [1.54, 1.807) is 17.4 Å². The van der Waals surface area contributed by atoms with Crippen LogP contribution in [0.5, 0.6) is 0 Å². The summed E-state index contributed by atoms with van der Waals surface area (Å²) in [5.41, 5.74) is 0.994. The van der Waals surface area contributed by atoms with Crippen molar-refractivity contribution in [3.63, 3.8) is 0 Å². The molecule has 1 aliphatic carbocycles. The van der Waals surface area contributed by atoms with Gasteiger partial charge in [-0.15, -0.1) is 11.3 Å². The van der Waals surface area contributed by atoms with Gasteiger partial charge in [-0.25, -0.2) is 4.98 Å². The maximum absolute atomic E-state index is 12.7. The first kappa shape index (κ1) is 14.8. The predicted molar refractivity (Wildman–Crippen MR) is 92.4 cm³/mol. The number of hydrogen-bond acceptors (Lipinski definition) is 4. The highest BCUT2D eigenvalue weighted by atomic mass is 32.1. The molecule has 1 saturated heterocycles. The van der Waals surface area contributed by atoms with E-state index in [-0.39, 0.29) is 5.91 Å². The highest BCUT2D eigenvalue weighted by Gasteiger charge is 2.36. The molecule has 0 spiro atoms. The minimum atomic E-state index is 0.124. The highest BCUT2D eigenvalue weighted by Crippen LogP contribution is 2.32. The Balaban J connectivity index is 1.50. The van der Waals surface area contributed by atoms with E-state index in [0.717, 1.165) is 54.1 Å². The molecule has 1 aliphatic heterocycles. The number of benzene rings is 1. The monoisotopic (exact) mass is 328 g/mol.